The summed E-state index contributed by atoms with van der Waals surface area (Å²) in [6.45, 7) is 0.166. The number of hydrogen-bond donors (Lipinski definition) is 4. The molecule has 0 aromatic rings. The zero-order valence-corrected chi connectivity index (χ0v) is 11.8. The van der Waals surface area contributed by atoms with E-state index in [2.05, 4.69) is 0 Å². The van der Waals surface area contributed by atoms with E-state index in [1.165, 1.54) is 6.08 Å². The molecule has 0 aromatic heterocycles. The number of aliphatic hydroxyl groups is 3. The summed E-state index contributed by atoms with van der Waals surface area (Å²) in [5.74, 6) is -3.62. The van der Waals surface area contributed by atoms with Crippen LogP contribution in [0.1, 0.15) is 19.3 Å². The van der Waals surface area contributed by atoms with Crippen LogP contribution in [0, 0.1) is 0 Å². The quantitative estimate of drug-likeness (QED) is 0.259. The summed E-state index contributed by atoms with van der Waals surface area (Å²) < 4.78 is 4.88. The SMILES string of the molecule is O=C(O)COCCCC=CC=CC=CC=CCC(O)(O)O. The molecule has 6 nitrogen and oxygen atoms in total. The Bertz CT molecular complexity index is 387. The molecule has 0 spiro atoms. The highest BCUT2D eigenvalue weighted by Crippen LogP contribution is 2.00. The van der Waals surface area contributed by atoms with Gasteiger partial charge in [0, 0.05) is 13.0 Å². The minimum Gasteiger partial charge on any atom is -0.480 e. The van der Waals surface area contributed by atoms with Crippen molar-refractivity contribution in [1.82, 2.24) is 0 Å². The van der Waals surface area contributed by atoms with Crippen LogP contribution in [0.4, 0.5) is 0 Å². The summed E-state index contributed by atoms with van der Waals surface area (Å²) >= 11 is 0. The monoisotopic (exact) mass is 298 g/mol. The van der Waals surface area contributed by atoms with Crippen LogP contribution < -0.4 is 0 Å². The number of unbranched alkanes of at least 4 members (excludes halogenated alkanes) is 1. The minimum absolute atomic E-state index is 0.258. The number of carboxylic acids is 1. The Morgan fingerprint density at radius 1 is 0.952 bits per heavy atom. The molecule has 4 N–H and O–H groups in total. The fourth-order valence-electron chi connectivity index (χ4n) is 1.20. The topological polar surface area (TPSA) is 107 Å². The molecule has 0 aliphatic heterocycles. The maximum atomic E-state index is 10.2. The summed E-state index contributed by atoms with van der Waals surface area (Å²) in [5.41, 5.74) is 0. The van der Waals surface area contributed by atoms with Gasteiger partial charge in [-0.05, 0) is 12.8 Å². The Balaban J connectivity index is 3.58. The molecule has 0 radical (unpaired) electrons. The zero-order chi connectivity index (χ0) is 16.0. The zero-order valence-electron chi connectivity index (χ0n) is 11.8. The van der Waals surface area contributed by atoms with Crippen molar-refractivity contribution in [3.63, 3.8) is 0 Å². The summed E-state index contributed by atoms with van der Waals surface area (Å²) in [7, 11) is 0. The van der Waals surface area contributed by atoms with Gasteiger partial charge in [-0.3, -0.25) is 0 Å². The summed E-state index contributed by atoms with van der Waals surface area (Å²) in [6.07, 6.45) is 15.2. The van der Waals surface area contributed by atoms with Crippen molar-refractivity contribution >= 4 is 5.97 Å². The van der Waals surface area contributed by atoms with Crippen molar-refractivity contribution in [3.8, 4) is 0 Å². The van der Waals surface area contributed by atoms with Crippen molar-refractivity contribution in [2.45, 2.75) is 25.2 Å². The van der Waals surface area contributed by atoms with Gasteiger partial charge in [-0.1, -0.05) is 48.6 Å². The molecule has 0 amide bonds. The number of hydrogen-bond acceptors (Lipinski definition) is 5. The molecule has 0 heterocycles. The number of aliphatic carboxylic acids is 1. The van der Waals surface area contributed by atoms with Crippen LogP contribution in [-0.4, -0.2) is 45.6 Å². The van der Waals surface area contributed by atoms with Gasteiger partial charge in [0.15, 0.2) is 0 Å². The lowest BCUT2D eigenvalue weighted by Gasteiger charge is -2.09. The molecule has 21 heavy (non-hydrogen) atoms. The van der Waals surface area contributed by atoms with E-state index in [9.17, 15) is 4.79 Å². The Kier molecular flexibility index (Phi) is 11.1. The average Bonchev–Trinajstić information content (AvgIpc) is 2.37. The van der Waals surface area contributed by atoms with Crippen LogP contribution in [-0.2, 0) is 9.53 Å². The molecule has 0 fully saturated rings. The van der Waals surface area contributed by atoms with Gasteiger partial charge in [-0.25, -0.2) is 4.79 Å². The van der Waals surface area contributed by atoms with E-state index < -0.39 is 11.9 Å². The van der Waals surface area contributed by atoms with E-state index in [4.69, 9.17) is 25.2 Å². The van der Waals surface area contributed by atoms with Crippen LogP contribution in [0.2, 0.25) is 0 Å². The maximum Gasteiger partial charge on any atom is 0.329 e. The predicted molar refractivity (Wildman–Crippen MR) is 78.3 cm³/mol. The number of allylic oxidation sites excluding steroid dienone is 7. The molecule has 118 valence electrons. The third-order valence-corrected chi connectivity index (χ3v) is 2.10. The van der Waals surface area contributed by atoms with E-state index in [1.54, 1.807) is 24.3 Å². The Hall–Kier alpha value is -1.73. The van der Waals surface area contributed by atoms with Crippen LogP contribution in [0.25, 0.3) is 0 Å². The Morgan fingerprint density at radius 3 is 2.10 bits per heavy atom. The Labute approximate surface area is 124 Å². The molecule has 6 heteroatoms. The van der Waals surface area contributed by atoms with E-state index in [1.807, 2.05) is 18.2 Å². The van der Waals surface area contributed by atoms with Crippen molar-refractivity contribution in [2.24, 2.45) is 0 Å². The molecule has 0 rings (SSSR count). The highest BCUT2D eigenvalue weighted by Gasteiger charge is 2.13. The second kappa shape index (κ2) is 12.0. The fraction of sp³-hybridized carbons (Fsp3) is 0.400. The Morgan fingerprint density at radius 2 is 1.52 bits per heavy atom. The smallest absolute Gasteiger partial charge is 0.329 e. The second-order valence-corrected chi connectivity index (χ2v) is 4.19. The van der Waals surface area contributed by atoms with E-state index >= 15 is 0 Å². The molecular weight excluding hydrogens is 276 g/mol. The van der Waals surface area contributed by atoms with E-state index in [0.717, 1.165) is 12.8 Å². The van der Waals surface area contributed by atoms with Gasteiger partial charge in [0.25, 0.3) is 5.97 Å². The lowest BCUT2D eigenvalue weighted by molar-refractivity contribution is -0.308. The highest BCUT2D eigenvalue weighted by atomic mass is 16.7. The van der Waals surface area contributed by atoms with Crippen molar-refractivity contribution < 1.29 is 30.0 Å². The van der Waals surface area contributed by atoms with Crippen LogP contribution in [0.15, 0.2) is 48.6 Å². The van der Waals surface area contributed by atoms with Gasteiger partial charge in [0.2, 0.25) is 0 Å². The number of ether oxygens (including phenoxy) is 1. The molecular formula is C15H22O6. The highest BCUT2D eigenvalue weighted by molar-refractivity contribution is 5.67. The van der Waals surface area contributed by atoms with Gasteiger partial charge in [-0.2, -0.15) is 0 Å². The number of carbonyl (C=O) groups is 1. The molecule has 0 aliphatic carbocycles. The lowest BCUT2D eigenvalue weighted by atomic mass is 10.3. The van der Waals surface area contributed by atoms with Crippen molar-refractivity contribution in [2.75, 3.05) is 13.2 Å². The molecule has 0 aliphatic rings. The second-order valence-electron chi connectivity index (χ2n) is 4.19. The molecule has 0 saturated carbocycles. The number of carboxylic acid groups (broad SMARTS) is 1. The minimum atomic E-state index is -2.66. The van der Waals surface area contributed by atoms with Gasteiger partial charge in [0.1, 0.15) is 6.61 Å². The lowest BCUT2D eigenvalue weighted by Crippen LogP contribution is -2.25. The van der Waals surface area contributed by atoms with Crippen LogP contribution >= 0.6 is 0 Å². The third-order valence-electron chi connectivity index (χ3n) is 2.10. The first-order chi connectivity index (χ1) is 9.92. The van der Waals surface area contributed by atoms with Crippen molar-refractivity contribution in [3.05, 3.63) is 48.6 Å². The van der Waals surface area contributed by atoms with Gasteiger partial charge < -0.3 is 25.2 Å². The summed E-state index contributed by atoms with van der Waals surface area (Å²) in [6, 6.07) is 0. The summed E-state index contributed by atoms with van der Waals surface area (Å²) in [4.78, 5) is 10.2. The van der Waals surface area contributed by atoms with Crippen LogP contribution in [0.5, 0.6) is 0 Å². The average molecular weight is 298 g/mol. The largest absolute Gasteiger partial charge is 0.480 e. The normalized spacial score (nSPS) is 13.3. The first-order valence-electron chi connectivity index (χ1n) is 6.53. The predicted octanol–water partition coefficient (Wildman–Crippen LogP) is 1.11. The first kappa shape index (κ1) is 19.3. The van der Waals surface area contributed by atoms with E-state index in [0.29, 0.717) is 6.61 Å². The van der Waals surface area contributed by atoms with E-state index in [-0.39, 0.29) is 13.0 Å². The molecule has 0 bridgehead atoms. The van der Waals surface area contributed by atoms with Gasteiger partial charge >= 0.3 is 5.97 Å². The third kappa shape index (κ3) is 18.3. The molecule has 0 atom stereocenters. The standard InChI is InChI=1S/C15H22O6/c16-14(17)13-21-12-10-8-6-4-2-1-3-5-7-9-11-15(18,19)20/h1-7,9,18-20H,8,10-13H2,(H,16,17). The molecule has 0 aromatic carbocycles. The van der Waals surface area contributed by atoms with Crippen LogP contribution in [0.3, 0.4) is 0 Å². The molecule has 0 saturated heterocycles. The first-order valence-corrected chi connectivity index (χ1v) is 6.53. The maximum absolute atomic E-state index is 10.2. The molecule has 0 unspecified atom stereocenters. The fourth-order valence-corrected chi connectivity index (χ4v) is 1.20. The van der Waals surface area contributed by atoms with Gasteiger partial charge in [0.05, 0.1) is 0 Å². The van der Waals surface area contributed by atoms with Crippen molar-refractivity contribution in [1.29, 1.82) is 0 Å². The number of rotatable bonds is 11. The van der Waals surface area contributed by atoms with Gasteiger partial charge in [-0.15, -0.1) is 0 Å². The summed E-state index contributed by atoms with van der Waals surface area (Å²) in [5, 5.41) is 34.1.